The first kappa shape index (κ1) is 18.3. The number of hydrogen-bond donors (Lipinski definition) is 4. The van der Waals surface area contributed by atoms with E-state index >= 15 is 0 Å². The third-order valence-electron chi connectivity index (χ3n) is 3.56. The number of hydrogen-bond acceptors (Lipinski definition) is 5. The Balaban J connectivity index is 2.56. The molecule has 6 N–H and O–H groups in total. The second-order valence-electron chi connectivity index (χ2n) is 5.19. The average Bonchev–Trinajstić information content (AvgIpc) is 2.59. The molecule has 0 fully saturated rings. The van der Waals surface area contributed by atoms with Crippen molar-refractivity contribution in [3.05, 3.63) is 69.8 Å². The van der Waals surface area contributed by atoms with E-state index in [1.807, 2.05) is 0 Å². The van der Waals surface area contributed by atoms with E-state index in [1.165, 1.54) is 12.1 Å². The van der Waals surface area contributed by atoms with Gasteiger partial charge in [0.25, 0.3) is 0 Å². The van der Waals surface area contributed by atoms with Crippen molar-refractivity contribution in [1.29, 1.82) is 0 Å². The number of amides is 2. The molecular weight excluding hydrogens is 344 g/mol. The fourth-order valence-electron chi connectivity index (χ4n) is 2.32. The van der Waals surface area contributed by atoms with Crippen LogP contribution in [-0.4, -0.2) is 39.7 Å². The smallest absolute Gasteiger partial charge is 0.336 e. The lowest BCUT2D eigenvalue weighted by Crippen LogP contribution is -2.19. The third kappa shape index (κ3) is 3.41. The fourth-order valence-corrected chi connectivity index (χ4v) is 2.32. The number of ketones is 1. The van der Waals surface area contributed by atoms with E-state index in [9.17, 15) is 24.0 Å². The van der Waals surface area contributed by atoms with Gasteiger partial charge >= 0.3 is 11.9 Å². The van der Waals surface area contributed by atoms with Gasteiger partial charge in [-0.15, -0.1) is 0 Å². The Hall–Kier alpha value is -4.01. The molecule has 0 spiro atoms. The summed E-state index contributed by atoms with van der Waals surface area (Å²) in [6.07, 6.45) is 0. The van der Waals surface area contributed by atoms with Crippen LogP contribution in [0.3, 0.4) is 0 Å². The van der Waals surface area contributed by atoms with Gasteiger partial charge in [-0.3, -0.25) is 14.4 Å². The third-order valence-corrected chi connectivity index (χ3v) is 3.56. The quantitative estimate of drug-likeness (QED) is 0.544. The molecule has 2 amide bonds. The molecular formula is C17H12N2O7. The Labute approximate surface area is 145 Å². The molecule has 9 nitrogen and oxygen atoms in total. The maximum atomic E-state index is 12.6. The molecule has 0 saturated heterocycles. The van der Waals surface area contributed by atoms with Gasteiger partial charge in [0.15, 0.2) is 5.78 Å². The number of benzene rings is 2. The van der Waals surface area contributed by atoms with Crippen molar-refractivity contribution in [2.24, 2.45) is 11.5 Å². The first-order valence-corrected chi connectivity index (χ1v) is 7.02. The topological polar surface area (TPSA) is 178 Å². The number of rotatable bonds is 6. The van der Waals surface area contributed by atoms with Crippen molar-refractivity contribution < 1.29 is 34.2 Å². The summed E-state index contributed by atoms with van der Waals surface area (Å²) >= 11 is 0. The van der Waals surface area contributed by atoms with Gasteiger partial charge in [-0.05, 0) is 24.3 Å². The molecule has 0 bridgehead atoms. The van der Waals surface area contributed by atoms with E-state index in [0.717, 1.165) is 24.3 Å². The highest BCUT2D eigenvalue weighted by molar-refractivity contribution is 6.14. The summed E-state index contributed by atoms with van der Waals surface area (Å²) in [5, 5.41) is 18.1. The van der Waals surface area contributed by atoms with E-state index in [0.29, 0.717) is 0 Å². The van der Waals surface area contributed by atoms with E-state index in [1.54, 1.807) is 0 Å². The summed E-state index contributed by atoms with van der Waals surface area (Å²) in [5.41, 5.74) is 8.68. The highest BCUT2D eigenvalue weighted by Crippen LogP contribution is 2.18. The van der Waals surface area contributed by atoms with Crippen LogP contribution in [0.2, 0.25) is 0 Å². The molecule has 0 radical (unpaired) electrons. The summed E-state index contributed by atoms with van der Waals surface area (Å²) in [5.74, 6) is -5.52. The molecule has 2 aromatic carbocycles. The second kappa shape index (κ2) is 6.85. The normalized spacial score (nSPS) is 10.2. The van der Waals surface area contributed by atoms with Gasteiger partial charge in [-0.1, -0.05) is 12.1 Å². The fraction of sp³-hybridized carbons (Fsp3) is 0. The standard InChI is InChI=1S/C17H12N2O7/c18-14(21)11-5-7(1-3-9(11)16(23)24)13(20)8-2-4-10(17(25)26)12(6-8)15(19)22/h1-6H,(H2,18,21)(H2,19,22)(H,23,24)(H,25,26). The molecule has 0 aliphatic carbocycles. The van der Waals surface area contributed by atoms with Crippen molar-refractivity contribution in [2.45, 2.75) is 0 Å². The Morgan fingerprint density at radius 2 is 0.962 bits per heavy atom. The van der Waals surface area contributed by atoms with Crippen molar-refractivity contribution in [3.8, 4) is 0 Å². The van der Waals surface area contributed by atoms with Gasteiger partial charge in [0.05, 0.1) is 22.3 Å². The van der Waals surface area contributed by atoms with Gasteiger partial charge in [-0.2, -0.15) is 0 Å². The van der Waals surface area contributed by atoms with E-state index in [2.05, 4.69) is 0 Å². The predicted octanol–water partition coefficient (Wildman–Crippen LogP) is 0.512. The Bertz CT molecular complexity index is 902. The lowest BCUT2D eigenvalue weighted by atomic mass is 9.95. The van der Waals surface area contributed by atoms with Crippen molar-refractivity contribution in [1.82, 2.24) is 0 Å². The predicted molar refractivity (Wildman–Crippen MR) is 87.3 cm³/mol. The lowest BCUT2D eigenvalue weighted by Gasteiger charge is -2.08. The molecule has 0 aliphatic heterocycles. The Morgan fingerprint density at radius 1 is 0.615 bits per heavy atom. The van der Waals surface area contributed by atoms with Gasteiger partial charge in [0, 0.05) is 11.1 Å². The number of carboxylic acids is 2. The van der Waals surface area contributed by atoms with Crippen molar-refractivity contribution >= 4 is 29.5 Å². The van der Waals surface area contributed by atoms with E-state index < -0.39 is 29.5 Å². The summed E-state index contributed by atoms with van der Waals surface area (Å²) in [6, 6.07) is 6.49. The average molecular weight is 356 g/mol. The Kier molecular flexibility index (Phi) is 4.83. The van der Waals surface area contributed by atoms with Crippen LogP contribution in [0.1, 0.15) is 57.4 Å². The van der Waals surface area contributed by atoms with Crippen LogP contribution in [0.5, 0.6) is 0 Å². The molecule has 9 heteroatoms. The first-order chi connectivity index (χ1) is 12.1. The van der Waals surface area contributed by atoms with Crippen molar-refractivity contribution in [3.63, 3.8) is 0 Å². The zero-order chi connectivity index (χ0) is 19.6. The molecule has 0 aliphatic rings. The number of nitrogens with two attached hydrogens (primary N) is 2. The molecule has 2 rings (SSSR count). The highest BCUT2D eigenvalue weighted by atomic mass is 16.4. The van der Waals surface area contributed by atoms with Crippen LogP contribution >= 0.6 is 0 Å². The van der Waals surface area contributed by atoms with Crippen LogP contribution in [0, 0.1) is 0 Å². The summed E-state index contributed by atoms with van der Waals surface area (Å²) < 4.78 is 0. The number of primary amides is 2. The van der Waals surface area contributed by atoms with Crippen LogP contribution in [0.15, 0.2) is 36.4 Å². The van der Waals surface area contributed by atoms with Gasteiger partial charge in [0.2, 0.25) is 11.8 Å². The van der Waals surface area contributed by atoms with Crippen LogP contribution in [0.25, 0.3) is 0 Å². The zero-order valence-electron chi connectivity index (χ0n) is 13.1. The lowest BCUT2D eigenvalue weighted by molar-refractivity contribution is 0.0683. The molecule has 0 unspecified atom stereocenters. The second-order valence-corrected chi connectivity index (χ2v) is 5.19. The molecule has 0 atom stereocenters. The first-order valence-electron chi connectivity index (χ1n) is 7.02. The number of carbonyl (C=O) groups is 5. The van der Waals surface area contributed by atoms with Gasteiger partial charge < -0.3 is 21.7 Å². The minimum absolute atomic E-state index is 0.0673. The minimum atomic E-state index is -1.39. The van der Waals surface area contributed by atoms with Crippen LogP contribution < -0.4 is 11.5 Å². The molecule has 0 aromatic heterocycles. The molecule has 132 valence electrons. The molecule has 0 saturated carbocycles. The summed E-state index contributed by atoms with van der Waals surface area (Å²) in [6.45, 7) is 0. The summed E-state index contributed by atoms with van der Waals surface area (Å²) in [7, 11) is 0. The maximum absolute atomic E-state index is 12.6. The van der Waals surface area contributed by atoms with Crippen LogP contribution in [0.4, 0.5) is 0 Å². The van der Waals surface area contributed by atoms with E-state index in [4.69, 9.17) is 21.7 Å². The number of carbonyl (C=O) groups excluding carboxylic acids is 3. The van der Waals surface area contributed by atoms with Gasteiger partial charge in [-0.25, -0.2) is 9.59 Å². The highest BCUT2D eigenvalue weighted by Gasteiger charge is 2.21. The van der Waals surface area contributed by atoms with Crippen molar-refractivity contribution in [2.75, 3.05) is 0 Å². The minimum Gasteiger partial charge on any atom is -0.478 e. The maximum Gasteiger partial charge on any atom is 0.336 e. The zero-order valence-corrected chi connectivity index (χ0v) is 13.1. The molecule has 26 heavy (non-hydrogen) atoms. The Morgan fingerprint density at radius 3 is 1.23 bits per heavy atom. The number of aromatic carboxylic acids is 2. The van der Waals surface area contributed by atoms with Crippen LogP contribution in [-0.2, 0) is 0 Å². The SMILES string of the molecule is NC(=O)c1cc(C(=O)c2ccc(C(=O)O)c(C(N)=O)c2)ccc1C(=O)O. The monoisotopic (exact) mass is 356 g/mol. The largest absolute Gasteiger partial charge is 0.478 e. The van der Waals surface area contributed by atoms with Gasteiger partial charge in [0.1, 0.15) is 0 Å². The van der Waals surface area contributed by atoms with E-state index in [-0.39, 0.29) is 33.4 Å². The summed E-state index contributed by atoms with van der Waals surface area (Å²) in [4.78, 5) is 57.6. The number of carboxylic acid groups (broad SMARTS) is 2. The molecule has 2 aromatic rings. The molecule has 0 heterocycles.